The van der Waals surface area contributed by atoms with E-state index in [1.165, 1.54) is 116 Å². The van der Waals surface area contributed by atoms with Crippen LogP contribution >= 0.6 is 0 Å². The lowest BCUT2D eigenvalue weighted by molar-refractivity contribution is 0.602. The first-order valence-electron chi connectivity index (χ1n) is 17.2. The van der Waals surface area contributed by atoms with E-state index in [1.54, 1.807) is 0 Å². The van der Waals surface area contributed by atoms with Crippen molar-refractivity contribution >= 4 is 17.8 Å². The van der Waals surface area contributed by atoms with E-state index in [-0.39, 0.29) is 0 Å². The van der Waals surface area contributed by atoms with Gasteiger partial charge in [0.15, 0.2) is 0 Å². The molecular formula is C33H66N6. The summed E-state index contributed by atoms with van der Waals surface area (Å²) in [6.45, 7) is 20.0. The molecule has 0 saturated heterocycles. The highest BCUT2D eigenvalue weighted by molar-refractivity contribution is 5.46. The minimum absolute atomic E-state index is 0.911. The highest BCUT2D eigenvalue weighted by Gasteiger charge is 2.20. The molecule has 1 rings (SSSR count). The molecule has 0 fully saturated rings. The van der Waals surface area contributed by atoms with Gasteiger partial charge in [-0.3, -0.25) is 0 Å². The SMILES string of the molecule is CCCCCN(CCCCC)c1nc(N(CCCCC)CCCCC)nc(N(CCCCC)CCCCC)n1. The van der Waals surface area contributed by atoms with E-state index in [9.17, 15) is 0 Å². The summed E-state index contributed by atoms with van der Waals surface area (Å²) < 4.78 is 0. The van der Waals surface area contributed by atoms with Crippen molar-refractivity contribution in [3.63, 3.8) is 0 Å². The molecule has 1 aromatic rings. The molecule has 0 spiro atoms. The standard InChI is InChI=1S/C33H66N6/c1-7-13-19-25-37(26-20-14-8-2)31-34-32(38(27-21-15-9-3)28-22-16-10-4)36-33(35-31)39(29-23-17-11-5)30-24-18-12-6/h7-30H2,1-6H3. The van der Waals surface area contributed by atoms with Crippen LogP contribution in [-0.4, -0.2) is 54.2 Å². The van der Waals surface area contributed by atoms with Crippen LogP contribution in [0.15, 0.2) is 0 Å². The maximum atomic E-state index is 5.23. The predicted octanol–water partition coefficient (Wildman–Crippen LogP) is 9.43. The van der Waals surface area contributed by atoms with Crippen LogP contribution in [0.25, 0.3) is 0 Å². The smallest absolute Gasteiger partial charge is 0.231 e. The third-order valence-electron chi connectivity index (χ3n) is 7.64. The summed E-state index contributed by atoms with van der Waals surface area (Å²) in [5.41, 5.74) is 0. The topological polar surface area (TPSA) is 48.4 Å². The van der Waals surface area contributed by atoms with Gasteiger partial charge in [-0.05, 0) is 38.5 Å². The fraction of sp³-hybridized carbons (Fsp3) is 0.909. The monoisotopic (exact) mass is 547 g/mol. The van der Waals surface area contributed by atoms with Crippen molar-refractivity contribution in [2.45, 2.75) is 157 Å². The van der Waals surface area contributed by atoms with Gasteiger partial charge in [-0.25, -0.2) is 0 Å². The molecule has 0 radical (unpaired) electrons. The van der Waals surface area contributed by atoms with Crippen molar-refractivity contribution in [1.29, 1.82) is 0 Å². The van der Waals surface area contributed by atoms with Gasteiger partial charge >= 0.3 is 0 Å². The van der Waals surface area contributed by atoms with Crippen LogP contribution < -0.4 is 14.7 Å². The Bertz CT molecular complexity index is 549. The minimum atomic E-state index is 0.911. The fourth-order valence-corrected chi connectivity index (χ4v) is 5.02. The zero-order chi connectivity index (χ0) is 28.6. The van der Waals surface area contributed by atoms with E-state index in [4.69, 9.17) is 15.0 Å². The van der Waals surface area contributed by atoms with Gasteiger partial charge in [0, 0.05) is 39.3 Å². The molecule has 1 heterocycles. The van der Waals surface area contributed by atoms with Crippen molar-refractivity contribution in [3.05, 3.63) is 0 Å². The molecule has 6 heteroatoms. The van der Waals surface area contributed by atoms with Gasteiger partial charge in [0.1, 0.15) is 0 Å². The normalized spacial score (nSPS) is 11.2. The molecular weight excluding hydrogens is 480 g/mol. The zero-order valence-electron chi connectivity index (χ0n) is 27.2. The number of rotatable bonds is 27. The first-order valence-corrected chi connectivity index (χ1v) is 17.2. The Hall–Kier alpha value is -1.59. The lowest BCUT2D eigenvalue weighted by atomic mass is 10.2. The number of hydrogen-bond donors (Lipinski definition) is 0. The maximum absolute atomic E-state index is 5.23. The van der Waals surface area contributed by atoms with Gasteiger partial charge in [0.05, 0.1) is 0 Å². The zero-order valence-corrected chi connectivity index (χ0v) is 27.2. The lowest BCUT2D eigenvalue weighted by Crippen LogP contribution is -2.34. The van der Waals surface area contributed by atoms with Crippen molar-refractivity contribution in [2.24, 2.45) is 0 Å². The van der Waals surface area contributed by atoms with Crippen LogP contribution in [-0.2, 0) is 0 Å². The summed E-state index contributed by atoms with van der Waals surface area (Å²) in [7, 11) is 0. The number of hydrogen-bond acceptors (Lipinski definition) is 6. The molecule has 0 aliphatic carbocycles. The first kappa shape index (κ1) is 35.4. The van der Waals surface area contributed by atoms with Crippen molar-refractivity contribution in [3.8, 4) is 0 Å². The van der Waals surface area contributed by atoms with Crippen LogP contribution in [0.5, 0.6) is 0 Å². The van der Waals surface area contributed by atoms with Gasteiger partial charge < -0.3 is 14.7 Å². The summed E-state index contributed by atoms with van der Waals surface area (Å²) in [5.74, 6) is 2.73. The van der Waals surface area contributed by atoms with Crippen molar-refractivity contribution in [2.75, 3.05) is 54.0 Å². The van der Waals surface area contributed by atoms with E-state index in [1.807, 2.05) is 0 Å². The second kappa shape index (κ2) is 24.2. The molecule has 6 nitrogen and oxygen atoms in total. The van der Waals surface area contributed by atoms with Crippen molar-refractivity contribution in [1.82, 2.24) is 15.0 Å². The van der Waals surface area contributed by atoms with Crippen LogP contribution in [0.3, 0.4) is 0 Å². The highest BCUT2D eigenvalue weighted by atomic mass is 15.4. The van der Waals surface area contributed by atoms with E-state index in [2.05, 4.69) is 56.2 Å². The Kier molecular flexibility index (Phi) is 22.0. The number of unbranched alkanes of at least 4 members (excludes halogenated alkanes) is 12. The van der Waals surface area contributed by atoms with Crippen LogP contribution in [0, 0.1) is 0 Å². The third-order valence-corrected chi connectivity index (χ3v) is 7.64. The molecule has 0 bridgehead atoms. The molecule has 0 saturated carbocycles. The van der Waals surface area contributed by atoms with Gasteiger partial charge in [-0.1, -0.05) is 119 Å². The van der Waals surface area contributed by atoms with E-state index in [0.717, 1.165) is 57.1 Å². The van der Waals surface area contributed by atoms with Crippen LogP contribution in [0.4, 0.5) is 17.8 Å². The van der Waals surface area contributed by atoms with Crippen molar-refractivity contribution < 1.29 is 0 Å². The molecule has 0 atom stereocenters. The van der Waals surface area contributed by atoms with Gasteiger partial charge in [0.2, 0.25) is 17.8 Å². The summed E-state index contributed by atoms with van der Waals surface area (Å²) >= 11 is 0. The lowest BCUT2D eigenvalue weighted by Gasteiger charge is -2.29. The molecule has 0 unspecified atom stereocenters. The summed E-state index contributed by atoms with van der Waals surface area (Å²) in [4.78, 5) is 23.1. The second-order valence-electron chi connectivity index (χ2n) is 11.4. The van der Waals surface area contributed by atoms with E-state index < -0.39 is 0 Å². The fourth-order valence-electron chi connectivity index (χ4n) is 5.02. The maximum Gasteiger partial charge on any atom is 0.231 e. The quantitative estimate of drug-likeness (QED) is 0.102. The summed E-state index contributed by atoms with van der Waals surface area (Å²) in [5, 5.41) is 0. The third kappa shape index (κ3) is 15.7. The molecule has 0 aliphatic rings. The number of anilines is 3. The molecule has 0 N–H and O–H groups in total. The van der Waals surface area contributed by atoms with Gasteiger partial charge in [-0.15, -0.1) is 0 Å². The second-order valence-corrected chi connectivity index (χ2v) is 11.4. The number of aromatic nitrogens is 3. The molecule has 228 valence electrons. The van der Waals surface area contributed by atoms with Crippen LogP contribution in [0.1, 0.15) is 157 Å². The Labute approximate surface area is 243 Å². The average Bonchev–Trinajstić information content (AvgIpc) is 2.95. The summed E-state index contributed by atoms with van der Waals surface area (Å²) in [6.07, 6.45) is 22.2. The Morgan fingerprint density at radius 1 is 0.308 bits per heavy atom. The van der Waals surface area contributed by atoms with Gasteiger partial charge in [-0.2, -0.15) is 15.0 Å². The first-order chi connectivity index (χ1) is 19.1. The minimum Gasteiger partial charge on any atom is -0.341 e. The molecule has 1 aromatic heterocycles. The molecule has 0 aliphatic heterocycles. The Morgan fingerprint density at radius 3 is 0.641 bits per heavy atom. The molecule has 39 heavy (non-hydrogen) atoms. The highest BCUT2D eigenvalue weighted by Crippen LogP contribution is 2.23. The number of nitrogens with zero attached hydrogens (tertiary/aromatic N) is 6. The molecule has 0 aromatic carbocycles. The average molecular weight is 547 g/mol. The Morgan fingerprint density at radius 2 is 0.487 bits per heavy atom. The largest absolute Gasteiger partial charge is 0.341 e. The van der Waals surface area contributed by atoms with Crippen LogP contribution in [0.2, 0.25) is 0 Å². The van der Waals surface area contributed by atoms with E-state index in [0.29, 0.717) is 0 Å². The van der Waals surface area contributed by atoms with E-state index >= 15 is 0 Å². The predicted molar refractivity (Wildman–Crippen MR) is 174 cm³/mol. The summed E-state index contributed by atoms with van der Waals surface area (Å²) in [6, 6.07) is 0. The molecule has 0 amide bonds. The van der Waals surface area contributed by atoms with Gasteiger partial charge in [0.25, 0.3) is 0 Å². The Balaban J connectivity index is 3.47.